The Kier molecular flexibility index (Phi) is 4.83. The number of amides is 2. The highest BCUT2D eigenvalue weighted by molar-refractivity contribution is 5.89. The van der Waals surface area contributed by atoms with Gasteiger partial charge >= 0.3 is 6.03 Å². The normalized spacial score (nSPS) is 12.0. The van der Waals surface area contributed by atoms with Gasteiger partial charge in [0.2, 0.25) is 0 Å². The first-order valence-electron chi connectivity index (χ1n) is 7.90. The molecule has 0 fully saturated rings. The van der Waals surface area contributed by atoms with E-state index in [0.29, 0.717) is 5.76 Å². The van der Waals surface area contributed by atoms with Gasteiger partial charge in [0.15, 0.2) is 0 Å². The molecule has 2 heterocycles. The first-order chi connectivity index (χ1) is 12.0. The molecule has 0 aliphatic carbocycles. The fourth-order valence-electron chi connectivity index (χ4n) is 2.67. The SMILES string of the molecule is Cc1cc(C)n(C(CNC(=O)Nc2ccccc2F)c2ccco2)n1. The third-order valence-electron chi connectivity index (χ3n) is 3.79. The van der Waals surface area contributed by atoms with Gasteiger partial charge in [-0.1, -0.05) is 12.1 Å². The number of furan rings is 1. The highest BCUT2D eigenvalue weighted by Crippen LogP contribution is 2.20. The zero-order valence-electron chi connectivity index (χ0n) is 14.0. The van der Waals surface area contributed by atoms with E-state index in [1.807, 2.05) is 26.0 Å². The number of benzene rings is 1. The number of para-hydroxylation sites is 1. The van der Waals surface area contributed by atoms with Crippen LogP contribution in [0.5, 0.6) is 0 Å². The number of carbonyl (C=O) groups excluding carboxylic acids is 1. The summed E-state index contributed by atoms with van der Waals surface area (Å²) in [6, 6.07) is 10.8. The summed E-state index contributed by atoms with van der Waals surface area (Å²) in [5.74, 6) is 0.191. The Morgan fingerprint density at radius 3 is 2.72 bits per heavy atom. The third-order valence-corrected chi connectivity index (χ3v) is 3.79. The molecular formula is C18H19FN4O2. The van der Waals surface area contributed by atoms with E-state index < -0.39 is 11.8 Å². The van der Waals surface area contributed by atoms with Crippen LogP contribution in [0.25, 0.3) is 0 Å². The molecule has 0 saturated carbocycles. The Balaban J connectivity index is 1.72. The summed E-state index contributed by atoms with van der Waals surface area (Å²) in [5.41, 5.74) is 1.96. The number of carbonyl (C=O) groups is 1. The number of halogens is 1. The molecule has 2 amide bonds. The lowest BCUT2D eigenvalue weighted by Gasteiger charge is -2.18. The van der Waals surface area contributed by atoms with Gasteiger partial charge in [0.05, 0.1) is 17.6 Å². The van der Waals surface area contributed by atoms with Crippen molar-refractivity contribution in [1.29, 1.82) is 0 Å². The van der Waals surface area contributed by atoms with Crippen molar-refractivity contribution in [1.82, 2.24) is 15.1 Å². The smallest absolute Gasteiger partial charge is 0.319 e. The number of nitrogens with zero attached hydrogens (tertiary/aromatic N) is 2. The predicted octanol–water partition coefficient (Wildman–Crippen LogP) is 3.64. The summed E-state index contributed by atoms with van der Waals surface area (Å²) < 4.78 is 20.9. The van der Waals surface area contributed by atoms with Crippen LogP contribution in [0, 0.1) is 19.7 Å². The van der Waals surface area contributed by atoms with E-state index in [4.69, 9.17) is 4.42 Å². The minimum absolute atomic E-state index is 0.126. The quantitative estimate of drug-likeness (QED) is 0.743. The molecule has 3 rings (SSSR count). The minimum atomic E-state index is -0.497. The Morgan fingerprint density at radius 2 is 2.08 bits per heavy atom. The van der Waals surface area contributed by atoms with Gasteiger partial charge in [-0.2, -0.15) is 5.10 Å². The second-order valence-electron chi connectivity index (χ2n) is 5.72. The van der Waals surface area contributed by atoms with Crippen LogP contribution in [0.1, 0.15) is 23.2 Å². The van der Waals surface area contributed by atoms with E-state index >= 15 is 0 Å². The number of hydrogen-bond acceptors (Lipinski definition) is 3. The molecular weight excluding hydrogens is 323 g/mol. The van der Waals surface area contributed by atoms with Crippen LogP contribution < -0.4 is 10.6 Å². The number of aromatic nitrogens is 2. The van der Waals surface area contributed by atoms with Crippen molar-refractivity contribution in [3.63, 3.8) is 0 Å². The van der Waals surface area contributed by atoms with E-state index in [1.54, 1.807) is 29.1 Å². The lowest BCUT2D eigenvalue weighted by atomic mass is 10.2. The molecule has 2 aromatic heterocycles. The van der Waals surface area contributed by atoms with Gasteiger partial charge in [-0.05, 0) is 44.2 Å². The number of rotatable bonds is 5. The summed E-state index contributed by atoms with van der Waals surface area (Å²) in [5, 5.41) is 9.71. The Morgan fingerprint density at radius 1 is 1.28 bits per heavy atom. The fraction of sp³-hybridized carbons (Fsp3) is 0.222. The second kappa shape index (κ2) is 7.21. The van der Waals surface area contributed by atoms with Gasteiger partial charge in [0.25, 0.3) is 0 Å². The number of anilines is 1. The van der Waals surface area contributed by atoms with Crippen molar-refractivity contribution in [3.05, 3.63) is 71.7 Å². The molecule has 3 aromatic rings. The monoisotopic (exact) mass is 342 g/mol. The molecule has 0 bridgehead atoms. The van der Waals surface area contributed by atoms with Crippen molar-refractivity contribution >= 4 is 11.7 Å². The zero-order chi connectivity index (χ0) is 17.8. The summed E-state index contributed by atoms with van der Waals surface area (Å²) in [4.78, 5) is 12.1. The largest absolute Gasteiger partial charge is 0.467 e. The van der Waals surface area contributed by atoms with Gasteiger partial charge < -0.3 is 15.1 Å². The maximum atomic E-state index is 13.6. The lowest BCUT2D eigenvalue weighted by Crippen LogP contribution is -2.35. The van der Waals surface area contributed by atoms with Crippen LogP contribution in [0.15, 0.2) is 53.1 Å². The molecule has 2 N–H and O–H groups in total. The second-order valence-corrected chi connectivity index (χ2v) is 5.72. The maximum absolute atomic E-state index is 13.6. The summed E-state index contributed by atoms with van der Waals surface area (Å²) in [6.45, 7) is 4.09. The van der Waals surface area contributed by atoms with Crippen LogP contribution in [0.4, 0.5) is 14.9 Å². The molecule has 1 unspecified atom stereocenters. The lowest BCUT2D eigenvalue weighted by molar-refractivity contribution is 0.249. The van der Waals surface area contributed by atoms with Gasteiger partial charge in [-0.25, -0.2) is 9.18 Å². The first kappa shape index (κ1) is 16.8. The average Bonchev–Trinajstić information content (AvgIpc) is 3.20. The standard InChI is InChI=1S/C18H19FN4O2/c1-12-10-13(2)23(22-12)16(17-8-5-9-25-17)11-20-18(24)21-15-7-4-3-6-14(15)19/h3-10,16H,11H2,1-2H3,(H2,20,21,24). The highest BCUT2D eigenvalue weighted by atomic mass is 19.1. The van der Waals surface area contributed by atoms with Crippen molar-refractivity contribution in [3.8, 4) is 0 Å². The molecule has 0 radical (unpaired) electrons. The highest BCUT2D eigenvalue weighted by Gasteiger charge is 2.20. The molecule has 0 spiro atoms. The molecule has 6 nitrogen and oxygen atoms in total. The topological polar surface area (TPSA) is 72.1 Å². The predicted molar refractivity (Wildman–Crippen MR) is 92.0 cm³/mol. The Hall–Kier alpha value is -3.09. The minimum Gasteiger partial charge on any atom is -0.467 e. The van der Waals surface area contributed by atoms with Crippen molar-refractivity contribution in [2.24, 2.45) is 0 Å². The van der Waals surface area contributed by atoms with Crippen LogP contribution in [-0.4, -0.2) is 22.4 Å². The number of aryl methyl sites for hydroxylation is 2. The molecule has 1 atom stereocenters. The zero-order valence-corrected chi connectivity index (χ0v) is 14.0. The Bertz CT molecular complexity index is 858. The van der Waals surface area contributed by atoms with E-state index in [1.165, 1.54) is 12.1 Å². The van der Waals surface area contributed by atoms with Crippen LogP contribution in [0.3, 0.4) is 0 Å². The molecule has 0 saturated heterocycles. The summed E-state index contributed by atoms with van der Waals surface area (Å²) in [7, 11) is 0. The van der Waals surface area contributed by atoms with Crippen molar-refractivity contribution in [2.75, 3.05) is 11.9 Å². The van der Waals surface area contributed by atoms with Crippen LogP contribution in [0.2, 0.25) is 0 Å². The fourth-order valence-corrected chi connectivity index (χ4v) is 2.67. The number of hydrogen-bond donors (Lipinski definition) is 2. The molecule has 0 aliphatic rings. The molecule has 130 valence electrons. The van der Waals surface area contributed by atoms with E-state index in [0.717, 1.165) is 11.4 Å². The van der Waals surface area contributed by atoms with E-state index in [-0.39, 0.29) is 18.3 Å². The average molecular weight is 342 g/mol. The molecule has 1 aromatic carbocycles. The van der Waals surface area contributed by atoms with Crippen molar-refractivity contribution < 1.29 is 13.6 Å². The first-order valence-corrected chi connectivity index (χ1v) is 7.90. The number of nitrogens with one attached hydrogen (secondary N) is 2. The van der Waals surface area contributed by atoms with Gasteiger partial charge in [0, 0.05) is 12.2 Å². The van der Waals surface area contributed by atoms with Crippen LogP contribution >= 0.6 is 0 Å². The van der Waals surface area contributed by atoms with Gasteiger partial charge in [-0.15, -0.1) is 0 Å². The van der Waals surface area contributed by atoms with Crippen LogP contribution in [-0.2, 0) is 0 Å². The summed E-state index contributed by atoms with van der Waals surface area (Å²) >= 11 is 0. The molecule has 0 aliphatic heterocycles. The van der Waals surface area contributed by atoms with E-state index in [2.05, 4.69) is 15.7 Å². The van der Waals surface area contributed by atoms with Crippen molar-refractivity contribution in [2.45, 2.75) is 19.9 Å². The van der Waals surface area contributed by atoms with E-state index in [9.17, 15) is 9.18 Å². The molecule has 7 heteroatoms. The van der Waals surface area contributed by atoms with Gasteiger partial charge in [-0.3, -0.25) is 4.68 Å². The van der Waals surface area contributed by atoms with Gasteiger partial charge in [0.1, 0.15) is 17.6 Å². The third kappa shape index (κ3) is 3.88. The Labute approximate surface area is 144 Å². The number of urea groups is 1. The maximum Gasteiger partial charge on any atom is 0.319 e. The molecule has 25 heavy (non-hydrogen) atoms. The summed E-state index contributed by atoms with van der Waals surface area (Å²) in [6.07, 6.45) is 1.58.